The molecule has 0 saturated carbocycles. The Bertz CT molecular complexity index is 798. The fourth-order valence-electron chi connectivity index (χ4n) is 1.82. The van der Waals surface area contributed by atoms with Gasteiger partial charge in [0.05, 0.1) is 34.9 Å². The number of nitrogens with zero attached hydrogens (tertiary/aromatic N) is 2. The van der Waals surface area contributed by atoms with Crippen LogP contribution in [-0.4, -0.2) is 22.1 Å². The quantitative estimate of drug-likeness (QED) is 0.721. The molecule has 0 aliphatic heterocycles. The van der Waals surface area contributed by atoms with Crippen molar-refractivity contribution in [1.29, 1.82) is 0 Å². The van der Waals surface area contributed by atoms with Gasteiger partial charge in [0.25, 0.3) is 0 Å². The number of rotatable bonds is 4. The van der Waals surface area contributed by atoms with E-state index in [2.05, 4.69) is 15.3 Å². The van der Waals surface area contributed by atoms with E-state index in [0.29, 0.717) is 5.69 Å². The van der Waals surface area contributed by atoms with Crippen molar-refractivity contribution in [2.45, 2.75) is 0 Å². The van der Waals surface area contributed by atoms with E-state index < -0.39 is 0 Å². The molecule has 0 fully saturated rings. The number of aromatic nitrogens is 2. The Morgan fingerprint density at radius 3 is 2.86 bits per heavy atom. The van der Waals surface area contributed by atoms with Crippen LogP contribution in [0.3, 0.4) is 0 Å². The number of fused-ring (bicyclic) bond motifs is 1. The van der Waals surface area contributed by atoms with Gasteiger partial charge in [-0.15, -0.1) is 0 Å². The van der Waals surface area contributed by atoms with E-state index >= 15 is 0 Å². The van der Waals surface area contributed by atoms with E-state index in [9.17, 15) is 0 Å². The highest BCUT2D eigenvalue weighted by Gasteiger charge is 2.06. The standard InChI is InChI=1S/C14H12N4OS2/c1-19-9-3-5-10-12(6-9)21-14(18-10)17-8-2-4-11(13(15)20)16-7-8/h2-7H,1H3,(H2,15,20)(H,17,18). The average Bonchev–Trinajstić information content (AvgIpc) is 2.88. The van der Waals surface area contributed by atoms with Gasteiger partial charge in [-0.1, -0.05) is 23.6 Å². The molecule has 0 saturated heterocycles. The number of thiocarbonyl (C=S) groups is 1. The lowest BCUT2D eigenvalue weighted by atomic mass is 10.3. The first kappa shape index (κ1) is 13.7. The third kappa shape index (κ3) is 2.93. The number of benzene rings is 1. The second-order valence-corrected chi connectivity index (χ2v) is 5.74. The van der Waals surface area contributed by atoms with Crippen molar-refractivity contribution in [3.8, 4) is 5.75 Å². The van der Waals surface area contributed by atoms with Crippen LogP contribution in [0, 0.1) is 0 Å². The first-order valence-corrected chi connectivity index (χ1v) is 7.35. The summed E-state index contributed by atoms with van der Waals surface area (Å²) in [7, 11) is 1.65. The van der Waals surface area contributed by atoms with E-state index in [1.54, 1.807) is 30.7 Å². The highest BCUT2D eigenvalue weighted by molar-refractivity contribution is 7.80. The zero-order valence-electron chi connectivity index (χ0n) is 11.2. The van der Waals surface area contributed by atoms with Crippen LogP contribution in [0.4, 0.5) is 10.8 Å². The molecular weight excluding hydrogens is 304 g/mol. The third-order valence-electron chi connectivity index (χ3n) is 2.86. The molecule has 0 aliphatic carbocycles. The van der Waals surface area contributed by atoms with Gasteiger partial charge in [0.2, 0.25) is 0 Å². The summed E-state index contributed by atoms with van der Waals surface area (Å²) in [6.45, 7) is 0. The molecule has 0 radical (unpaired) electrons. The Kier molecular flexibility index (Phi) is 3.68. The summed E-state index contributed by atoms with van der Waals surface area (Å²) in [5, 5.41) is 4.01. The number of hydrogen-bond donors (Lipinski definition) is 2. The number of pyridine rings is 1. The molecule has 2 heterocycles. The number of nitrogens with one attached hydrogen (secondary N) is 1. The van der Waals surface area contributed by atoms with Gasteiger partial charge in [-0.3, -0.25) is 4.98 Å². The fourth-order valence-corrected chi connectivity index (χ4v) is 2.86. The van der Waals surface area contributed by atoms with Gasteiger partial charge in [0.1, 0.15) is 10.7 Å². The lowest BCUT2D eigenvalue weighted by Crippen LogP contribution is -2.11. The van der Waals surface area contributed by atoms with E-state index in [-0.39, 0.29) is 4.99 Å². The fraction of sp³-hybridized carbons (Fsp3) is 0.0714. The molecule has 0 spiro atoms. The maximum Gasteiger partial charge on any atom is 0.188 e. The molecule has 5 nitrogen and oxygen atoms in total. The first-order valence-electron chi connectivity index (χ1n) is 6.13. The molecule has 3 aromatic rings. The molecule has 3 rings (SSSR count). The Labute approximate surface area is 130 Å². The van der Waals surface area contributed by atoms with Crippen molar-refractivity contribution in [1.82, 2.24) is 9.97 Å². The summed E-state index contributed by atoms with van der Waals surface area (Å²) in [4.78, 5) is 8.98. The zero-order chi connectivity index (χ0) is 14.8. The van der Waals surface area contributed by atoms with Gasteiger partial charge >= 0.3 is 0 Å². The zero-order valence-corrected chi connectivity index (χ0v) is 12.8. The molecule has 0 amide bonds. The Morgan fingerprint density at radius 2 is 2.19 bits per heavy atom. The largest absolute Gasteiger partial charge is 0.497 e. The summed E-state index contributed by atoms with van der Waals surface area (Å²) in [5.74, 6) is 0.820. The van der Waals surface area contributed by atoms with Crippen LogP contribution in [0.2, 0.25) is 0 Å². The number of methoxy groups -OCH3 is 1. The number of thiazole rings is 1. The van der Waals surface area contributed by atoms with Crippen molar-refractivity contribution >= 4 is 49.6 Å². The number of anilines is 2. The molecular formula is C14H12N4OS2. The maximum atomic E-state index is 5.52. The van der Waals surface area contributed by atoms with Crippen molar-refractivity contribution in [3.05, 3.63) is 42.2 Å². The van der Waals surface area contributed by atoms with E-state index in [1.165, 1.54) is 0 Å². The molecule has 0 unspecified atom stereocenters. The predicted molar refractivity (Wildman–Crippen MR) is 89.6 cm³/mol. The second-order valence-electron chi connectivity index (χ2n) is 4.27. The summed E-state index contributed by atoms with van der Waals surface area (Å²) in [6.07, 6.45) is 1.68. The summed E-state index contributed by atoms with van der Waals surface area (Å²) >= 11 is 6.43. The van der Waals surface area contributed by atoms with Gasteiger partial charge in [-0.25, -0.2) is 4.98 Å². The van der Waals surface area contributed by atoms with Crippen molar-refractivity contribution in [3.63, 3.8) is 0 Å². The highest BCUT2D eigenvalue weighted by Crippen LogP contribution is 2.30. The summed E-state index contributed by atoms with van der Waals surface area (Å²) < 4.78 is 6.27. The van der Waals surface area contributed by atoms with Crippen molar-refractivity contribution < 1.29 is 4.74 Å². The Morgan fingerprint density at radius 1 is 1.33 bits per heavy atom. The minimum absolute atomic E-state index is 0.286. The lowest BCUT2D eigenvalue weighted by molar-refractivity contribution is 0.415. The third-order valence-corrected chi connectivity index (χ3v) is 4.01. The van der Waals surface area contributed by atoms with E-state index in [1.807, 2.05) is 24.3 Å². The van der Waals surface area contributed by atoms with Crippen LogP contribution >= 0.6 is 23.6 Å². The van der Waals surface area contributed by atoms with Crippen LogP contribution < -0.4 is 15.8 Å². The maximum absolute atomic E-state index is 5.52. The highest BCUT2D eigenvalue weighted by atomic mass is 32.1. The van der Waals surface area contributed by atoms with Gasteiger partial charge in [0.15, 0.2) is 5.13 Å². The lowest BCUT2D eigenvalue weighted by Gasteiger charge is -2.02. The number of hydrogen-bond acceptors (Lipinski definition) is 6. The first-order chi connectivity index (χ1) is 10.2. The monoisotopic (exact) mass is 316 g/mol. The van der Waals surface area contributed by atoms with Crippen LogP contribution in [0.15, 0.2) is 36.5 Å². The van der Waals surface area contributed by atoms with E-state index in [4.69, 9.17) is 22.7 Å². The molecule has 21 heavy (non-hydrogen) atoms. The number of ether oxygens (including phenoxy) is 1. The smallest absolute Gasteiger partial charge is 0.188 e. The van der Waals surface area contributed by atoms with Crippen LogP contribution in [0.5, 0.6) is 5.75 Å². The Hall–Kier alpha value is -2.25. The van der Waals surface area contributed by atoms with Gasteiger partial charge < -0.3 is 15.8 Å². The van der Waals surface area contributed by atoms with Crippen LogP contribution in [0.25, 0.3) is 10.2 Å². The Balaban J connectivity index is 1.85. The molecule has 106 valence electrons. The molecule has 1 aromatic carbocycles. The van der Waals surface area contributed by atoms with Crippen molar-refractivity contribution in [2.24, 2.45) is 5.73 Å². The summed E-state index contributed by atoms with van der Waals surface area (Å²) in [5.41, 5.74) is 7.88. The predicted octanol–water partition coefficient (Wildman–Crippen LogP) is 3.08. The molecule has 7 heteroatoms. The van der Waals surface area contributed by atoms with Crippen LogP contribution in [0.1, 0.15) is 5.69 Å². The minimum atomic E-state index is 0.286. The second kappa shape index (κ2) is 5.63. The van der Waals surface area contributed by atoms with Gasteiger partial charge in [0, 0.05) is 0 Å². The SMILES string of the molecule is COc1ccc2nc(Nc3ccc(C(N)=S)nc3)sc2c1. The molecule has 2 aromatic heterocycles. The molecule has 0 aliphatic rings. The van der Waals surface area contributed by atoms with Crippen LogP contribution in [-0.2, 0) is 0 Å². The molecule has 3 N–H and O–H groups in total. The van der Waals surface area contributed by atoms with Gasteiger partial charge in [-0.05, 0) is 30.3 Å². The molecule has 0 atom stereocenters. The topological polar surface area (TPSA) is 73.1 Å². The minimum Gasteiger partial charge on any atom is -0.497 e. The number of nitrogens with two attached hydrogens (primary N) is 1. The van der Waals surface area contributed by atoms with E-state index in [0.717, 1.165) is 26.8 Å². The van der Waals surface area contributed by atoms with Crippen molar-refractivity contribution in [2.75, 3.05) is 12.4 Å². The van der Waals surface area contributed by atoms with Gasteiger partial charge in [-0.2, -0.15) is 0 Å². The normalized spacial score (nSPS) is 10.5. The molecule has 0 bridgehead atoms. The average molecular weight is 316 g/mol. The summed E-state index contributed by atoms with van der Waals surface area (Å²) in [6, 6.07) is 9.44.